The molecule has 0 bridgehead atoms. The van der Waals surface area contributed by atoms with Crippen molar-refractivity contribution in [3.63, 3.8) is 0 Å². The summed E-state index contributed by atoms with van der Waals surface area (Å²) in [6.07, 6.45) is 1.28. The molecule has 0 fully saturated rings. The zero-order valence-electron chi connectivity index (χ0n) is 16.4. The molecular weight excluding hydrogens is 459 g/mol. The quantitative estimate of drug-likeness (QED) is 0.349. The molecule has 1 aliphatic rings. The summed E-state index contributed by atoms with van der Waals surface area (Å²) in [5.41, 5.74) is 0.865. The van der Waals surface area contributed by atoms with Crippen LogP contribution in [0.3, 0.4) is 0 Å². The van der Waals surface area contributed by atoms with Crippen LogP contribution in [-0.4, -0.2) is 56.2 Å². The molecule has 0 radical (unpaired) electrons. The lowest BCUT2D eigenvalue weighted by Gasteiger charge is -2.18. The fourth-order valence-electron chi connectivity index (χ4n) is 2.68. The van der Waals surface area contributed by atoms with Crippen molar-refractivity contribution in [3.8, 4) is 11.5 Å². The number of benzene rings is 1. The van der Waals surface area contributed by atoms with E-state index in [0.717, 1.165) is 43.2 Å². The highest BCUT2D eigenvalue weighted by atomic mass is 127. The maximum absolute atomic E-state index is 12.1. The Balaban J connectivity index is 0.00000364. The molecule has 0 aliphatic carbocycles. The van der Waals surface area contributed by atoms with Gasteiger partial charge in [0, 0.05) is 44.2 Å². The smallest absolute Gasteiger partial charge is 0.224 e. The predicted octanol–water partition coefficient (Wildman–Crippen LogP) is 3.10. The van der Waals surface area contributed by atoms with Crippen LogP contribution in [0.1, 0.15) is 33.6 Å². The van der Waals surface area contributed by atoms with Crippen molar-refractivity contribution in [2.45, 2.75) is 33.6 Å². The van der Waals surface area contributed by atoms with Crippen LogP contribution >= 0.6 is 24.0 Å². The molecule has 8 heteroatoms. The molecule has 0 unspecified atom stereocenters. The highest BCUT2D eigenvalue weighted by Crippen LogP contribution is 2.32. The lowest BCUT2D eigenvalue weighted by molar-refractivity contribution is -0.130. The first kappa shape index (κ1) is 23.3. The maximum atomic E-state index is 12.1. The van der Waals surface area contributed by atoms with Gasteiger partial charge in [-0.05, 0) is 32.9 Å². The normalized spacial score (nSPS) is 13.2. The van der Waals surface area contributed by atoms with E-state index in [1.54, 1.807) is 0 Å². The number of hydrogen-bond donors (Lipinski definition) is 2. The largest absolute Gasteiger partial charge is 0.490 e. The van der Waals surface area contributed by atoms with E-state index in [4.69, 9.17) is 9.47 Å². The van der Waals surface area contributed by atoms with Gasteiger partial charge in [0.15, 0.2) is 17.5 Å². The zero-order valence-corrected chi connectivity index (χ0v) is 18.7. The number of anilines is 1. The molecule has 27 heavy (non-hydrogen) atoms. The van der Waals surface area contributed by atoms with E-state index in [0.29, 0.717) is 32.1 Å². The second-order valence-electron chi connectivity index (χ2n) is 5.91. The summed E-state index contributed by atoms with van der Waals surface area (Å²) in [6, 6.07) is 5.74. The third kappa shape index (κ3) is 7.43. The molecule has 0 saturated heterocycles. The van der Waals surface area contributed by atoms with Crippen LogP contribution in [-0.2, 0) is 4.79 Å². The summed E-state index contributed by atoms with van der Waals surface area (Å²) in [6.45, 7) is 9.94. The number of aliphatic imine (C=N–C) groups is 1. The molecule has 0 spiro atoms. The molecule has 0 atom stereocenters. The van der Waals surface area contributed by atoms with Gasteiger partial charge in [-0.3, -0.25) is 9.79 Å². The molecular formula is C19H31IN4O3. The van der Waals surface area contributed by atoms with Crippen LogP contribution in [0.5, 0.6) is 11.5 Å². The molecule has 1 amide bonds. The molecule has 1 aromatic rings. The number of fused-ring (bicyclic) bond motifs is 1. The predicted molar refractivity (Wildman–Crippen MR) is 120 cm³/mol. The zero-order chi connectivity index (χ0) is 18.8. The van der Waals surface area contributed by atoms with Crippen LogP contribution in [0.15, 0.2) is 23.2 Å². The molecule has 2 N–H and O–H groups in total. The van der Waals surface area contributed by atoms with E-state index in [2.05, 4.69) is 15.6 Å². The standard InChI is InChI=1S/C19H30N4O3.HI/c1-4-20-19(21-11-10-18(24)23(5-2)6-3)22-15-8-9-16-17(14-15)26-13-7-12-25-16;/h8-9,14H,4-7,10-13H2,1-3H3,(H2,20,21,22);1H. The van der Waals surface area contributed by atoms with Crippen LogP contribution in [0, 0.1) is 0 Å². The summed E-state index contributed by atoms with van der Waals surface area (Å²) < 4.78 is 11.4. The Hall–Kier alpha value is -1.71. The van der Waals surface area contributed by atoms with Gasteiger partial charge >= 0.3 is 0 Å². The van der Waals surface area contributed by atoms with E-state index in [-0.39, 0.29) is 29.9 Å². The van der Waals surface area contributed by atoms with E-state index < -0.39 is 0 Å². The first-order chi connectivity index (χ1) is 12.7. The molecule has 1 heterocycles. The second-order valence-corrected chi connectivity index (χ2v) is 5.91. The molecule has 152 valence electrons. The number of guanidine groups is 1. The van der Waals surface area contributed by atoms with Crippen LogP contribution < -0.4 is 20.1 Å². The van der Waals surface area contributed by atoms with Gasteiger partial charge in [-0.2, -0.15) is 0 Å². The Morgan fingerprint density at radius 1 is 1.15 bits per heavy atom. The fraction of sp³-hybridized carbons (Fsp3) is 0.579. The van der Waals surface area contributed by atoms with Gasteiger partial charge in [-0.1, -0.05) is 0 Å². The van der Waals surface area contributed by atoms with Gasteiger partial charge in [0.25, 0.3) is 0 Å². The fourth-order valence-corrected chi connectivity index (χ4v) is 2.68. The number of amides is 1. The number of halogens is 1. The van der Waals surface area contributed by atoms with Crippen LogP contribution in [0.4, 0.5) is 5.69 Å². The summed E-state index contributed by atoms with van der Waals surface area (Å²) in [4.78, 5) is 18.4. The molecule has 1 aromatic carbocycles. The van der Waals surface area contributed by atoms with Crippen molar-refractivity contribution in [1.29, 1.82) is 0 Å². The van der Waals surface area contributed by atoms with Gasteiger partial charge in [0.05, 0.1) is 19.8 Å². The Morgan fingerprint density at radius 2 is 1.85 bits per heavy atom. The molecule has 0 aromatic heterocycles. The third-order valence-corrected chi connectivity index (χ3v) is 4.07. The maximum Gasteiger partial charge on any atom is 0.224 e. The van der Waals surface area contributed by atoms with Gasteiger partial charge < -0.3 is 25.0 Å². The molecule has 1 aliphatic heterocycles. The van der Waals surface area contributed by atoms with Crippen LogP contribution in [0.25, 0.3) is 0 Å². The number of nitrogens with zero attached hydrogens (tertiary/aromatic N) is 2. The van der Waals surface area contributed by atoms with Crippen LogP contribution in [0.2, 0.25) is 0 Å². The second kappa shape index (κ2) is 12.6. The van der Waals surface area contributed by atoms with Gasteiger partial charge in [0.1, 0.15) is 0 Å². The third-order valence-electron chi connectivity index (χ3n) is 4.07. The first-order valence-electron chi connectivity index (χ1n) is 9.40. The van der Waals surface area contributed by atoms with E-state index in [1.165, 1.54) is 0 Å². The molecule has 7 nitrogen and oxygen atoms in total. The van der Waals surface area contributed by atoms with Crippen molar-refractivity contribution in [1.82, 2.24) is 10.2 Å². The Labute approximate surface area is 178 Å². The Bertz CT molecular complexity index is 621. The first-order valence-corrected chi connectivity index (χ1v) is 9.40. The number of carbonyl (C=O) groups excluding carboxylic acids is 1. The topological polar surface area (TPSA) is 75.2 Å². The molecule has 2 rings (SSSR count). The summed E-state index contributed by atoms with van der Waals surface area (Å²) in [5.74, 6) is 2.28. The van der Waals surface area contributed by atoms with Gasteiger partial charge in [-0.15, -0.1) is 24.0 Å². The summed E-state index contributed by atoms with van der Waals surface area (Å²) in [7, 11) is 0. The van der Waals surface area contributed by atoms with Crippen molar-refractivity contribution < 1.29 is 14.3 Å². The Morgan fingerprint density at radius 3 is 2.52 bits per heavy atom. The lowest BCUT2D eigenvalue weighted by Crippen LogP contribution is -2.32. The van der Waals surface area contributed by atoms with Crippen molar-refractivity contribution >= 4 is 41.5 Å². The monoisotopic (exact) mass is 490 g/mol. The average Bonchev–Trinajstić information content (AvgIpc) is 2.88. The minimum absolute atomic E-state index is 0. The number of rotatable bonds is 7. The molecule has 0 saturated carbocycles. The highest BCUT2D eigenvalue weighted by molar-refractivity contribution is 14.0. The minimum Gasteiger partial charge on any atom is -0.490 e. The number of hydrogen-bond acceptors (Lipinski definition) is 4. The minimum atomic E-state index is 0. The highest BCUT2D eigenvalue weighted by Gasteiger charge is 2.12. The Kier molecular flexibility index (Phi) is 10.9. The van der Waals surface area contributed by atoms with Crippen molar-refractivity contribution in [2.24, 2.45) is 4.99 Å². The SMILES string of the molecule is CCNC(=NCCC(=O)N(CC)CC)Nc1ccc2c(c1)OCCCO2.I. The average molecular weight is 490 g/mol. The number of carbonyl (C=O) groups is 1. The van der Waals surface area contributed by atoms with Gasteiger partial charge in [0.2, 0.25) is 5.91 Å². The van der Waals surface area contributed by atoms with Gasteiger partial charge in [-0.25, -0.2) is 0 Å². The lowest BCUT2D eigenvalue weighted by atomic mass is 10.2. The van der Waals surface area contributed by atoms with E-state index in [9.17, 15) is 4.79 Å². The number of ether oxygens (including phenoxy) is 2. The van der Waals surface area contributed by atoms with Crippen molar-refractivity contribution in [2.75, 3.05) is 44.7 Å². The van der Waals surface area contributed by atoms with Crippen molar-refractivity contribution in [3.05, 3.63) is 18.2 Å². The summed E-state index contributed by atoms with van der Waals surface area (Å²) >= 11 is 0. The number of nitrogens with one attached hydrogen (secondary N) is 2. The summed E-state index contributed by atoms with van der Waals surface area (Å²) in [5, 5.41) is 6.46. The van der Waals surface area contributed by atoms with E-state index >= 15 is 0 Å². The van der Waals surface area contributed by atoms with E-state index in [1.807, 2.05) is 43.9 Å².